The van der Waals surface area contributed by atoms with Gasteiger partial charge in [-0.1, -0.05) is 12.8 Å². The minimum atomic E-state index is 0.204. The van der Waals surface area contributed by atoms with Crippen molar-refractivity contribution in [2.45, 2.75) is 25.7 Å². The Morgan fingerprint density at radius 1 is 1.43 bits per heavy atom. The first-order valence-electron chi connectivity index (χ1n) is 4.94. The van der Waals surface area contributed by atoms with Crippen LogP contribution in [-0.2, 0) is 0 Å². The van der Waals surface area contributed by atoms with E-state index in [2.05, 4.69) is 20.9 Å². The minimum absolute atomic E-state index is 0.204. The molecule has 3 heteroatoms. The highest BCUT2D eigenvalue weighted by atomic mass is 79.9. The third kappa shape index (κ3) is 1.87. The molecule has 0 N–H and O–H groups in total. The van der Waals surface area contributed by atoms with E-state index in [1.807, 2.05) is 12.1 Å². The molecule has 14 heavy (non-hydrogen) atoms. The van der Waals surface area contributed by atoms with E-state index in [9.17, 15) is 4.79 Å². The summed E-state index contributed by atoms with van der Waals surface area (Å²) in [6, 6.07) is 3.70. The average Bonchev–Trinajstić information content (AvgIpc) is 2.70. The summed E-state index contributed by atoms with van der Waals surface area (Å²) in [5.74, 6) is 0.413. The molecule has 1 heterocycles. The highest BCUT2D eigenvalue weighted by Crippen LogP contribution is 2.29. The average molecular weight is 254 g/mol. The number of carbonyl (C=O) groups excluding carboxylic acids is 1. The van der Waals surface area contributed by atoms with Crippen LogP contribution in [0.25, 0.3) is 0 Å². The van der Waals surface area contributed by atoms with E-state index in [-0.39, 0.29) is 11.7 Å². The molecule has 0 unspecified atom stereocenters. The summed E-state index contributed by atoms with van der Waals surface area (Å²) < 4.78 is 0.817. The molecule has 0 radical (unpaired) electrons. The summed E-state index contributed by atoms with van der Waals surface area (Å²) in [5.41, 5.74) is 0.597. The summed E-state index contributed by atoms with van der Waals surface area (Å²) in [4.78, 5) is 16.1. The Kier molecular flexibility index (Phi) is 2.96. The first kappa shape index (κ1) is 9.84. The van der Waals surface area contributed by atoms with Gasteiger partial charge in [-0.05, 0) is 40.9 Å². The summed E-state index contributed by atoms with van der Waals surface area (Å²) >= 11 is 3.36. The SMILES string of the molecule is O=C(c1ncccc1Br)C1CCCC1. The molecule has 0 spiro atoms. The molecule has 0 aliphatic heterocycles. The van der Waals surface area contributed by atoms with E-state index >= 15 is 0 Å². The van der Waals surface area contributed by atoms with E-state index < -0.39 is 0 Å². The van der Waals surface area contributed by atoms with Crippen LogP contribution in [0.4, 0.5) is 0 Å². The standard InChI is InChI=1S/C11H12BrNO/c12-9-6-3-7-13-10(9)11(14)8-4-1-2-5-8/h3,6-8H,1-2,4-5H2. The monoisotopic (exact) mass is 253 g/mol. The molecule has 2 nitrogen and oxygen atoms in total. The van der Waals surface area contributed by atoms with Crippen molar-refractivity contribution in [3.8, 4) is 0 Å². The van der Waals surface area contributed by atoms with Crippen molar-refractivity contribution in [2.24, 2.45) is 5.92 Å². The Morgan fingerprint density at radius 2 is 2.14 bits per heavy atom. The largest absolute Gasteiger partial charge is 0.292 e. The Balaban J connectivity index is 2.22. The number of Topliss-reactive ketones (excluding diaryl/α,β-unsaturated/α-hetero) is 1. The zero-order valence-corrected chi connectivity index (χ0v) is 9.46. The zero-order chi connectivity index (χ0) is 9.97. The van der Waals surface area contributed by atoms with Gasteiger partial charge in [0.1, 0.15) is 5.69 Å². The van der Waals surface area contributed by atoms with Gasteiger partial charge in [0.05, 0.1) is 0 Å². The van der Waals surface area contributed by atoms with Crippen LogP contribution in [-0.4, -0.2) is 10.8 Å². The number of rotatable bonds is 2. The molecular formula is C11H12BrNO. The number of halogens is 1. The first-order chi connectivity index (χ1) is 6.79. The maximum absolute atomic E-state index is 12.0. The number of ketones is 1. The molecule has 0 saturated heterocycles. The maximum Gasteiger partial charge on any atom is 0.185 e. The van der Waals surface area contributed by atoms with Gasteiger partial charge < -0.3 is 0 Å². The lowest BCUT2D eigenvalue weighted by atomic mass is 10.00. The number of aromatic nitrogens is 1. The normalized spacial score (nSPS) is 17.2. The molecule has 1 aliphatic rings. The minimum Gasteiger partial charge on any atom is -0.292 e. The summed E-state index contributed by atoms with van der Waals surface area (Å²) in [6.45, 7) is 0. The fraction of sp³-hybridized carbons (Fsp3) is 0.455. The second-order valence-electron chi connectivity index (χ2n) is 3.68. The molecule has 0 bridgehead atoms. The van der Waals surface area contributed by atoms with Gasteiger partial charge >= 0.3 is 0 Å². The molecule has 0 atom stereocenters. The third-order valence-electron chi connectivity index (χ3n) is 2.72. The van der Waals surface area contributed by atoms with Gasteiger partial charge in [0.2, 0.25) is 0 Å². The second kappa shape index (κ2) is 4.22. The van der Waals surface area contributed by atoms with Crippen LogP contribution >= 0.6 is 15.9 Å². The Labute approximate surface area is 91.9 Å². The van der Waals surface area contributed by atoms with E-state index in [0.29, 0.717) is 5.69 Å². The molecule has 1 aliphatic carbocycles. The fourth-order valence-electron chi connectivity index (χ4n) is 1.95. The predicted octanol–water partition coefficient (Wildman–Crippen LogP) is 3.22. The van der Waals surface area contributed by atoms with Gasteiger partial charge in [0.25, 0.3) is 0 Å². The molecule has 0 aromatic carbocycles. The van der Waals surface area contributed by atoms with E-state index in [1.165, 1.54) is 12.8 Å². The van der Waals surface area contributed by atoms with Crippen LogP contribution in [0.15, 0.2) is 22.8 Å². The summed E-state index contributed by atoms with van der Waals surface area (Å²) in [6.07, 6.45) is 6.10. The Morgan fingerprint density at radius 3 is 2.79 bits per heavy atom. The molecule has 1 fully saturated rings. The van der Waals surface area contributed by atoms with Crippen molar-refractivity contribution >= 4 is 21.7 Å². The topological polar surface area (TPSA) is 30.0 Å². The van der Waals surface area contributed by atoms with Gasteiger partial charge in [-0.25, -0.2) is 0 Å². The molecule has 2 rings (SSSR count). The van der Waals surface area contributed by atoms with Crippen LogP contribution in [0.2, 0.25) is 0 Å². The van der Waals surface area contributed by atoms with Crippen LogP contribution in [0.3, 0.4) is 0 Å². The summed E-state index contributed by atoms with van der Waals surface area (Å²) in [7, 11) is 0. The lowest BCUT2D eigenvalue weighted by molar-refractivity contribution is 0.0917. The number of nitrogens with zero attached hydrogens (tertiary/aromatic N) is 1. The van der Waals surface area contributed by atoms with Gasteiger partial charge in [0, 0.05) is 16.6 Å². The second-order valence-corrected chi connectivity index (χ2v) is 4.53. The Bertz CT molecular complexity index is 345. The van der Waals surface area contributed by atoms with Crippen LogP contribution in [0.1, 0.15) is 36.2 Å². The van der Waals surface area contributed by atoms with Crippen LogP contribution in [0.5, 0.6) is 0 Å². The van der Waals surface area contributed by atoms with Crippen molar-refractivity contribution in [3.63, 3.8) is 0 Å². The predicted molar refractivity (Wildman–Crippen MR) is 58.2 cm³/mol. The zero-order valence-electron chi connectivity index (χ0n) is 7.87. The fourth-order valence-corrected chi connectivity index (χ4v) is 2.40. The molecule has 1 aromatic heterocycles. The smallest absolute Gasteiger partial charge is 0.185 e. The van der Waals surface area contributed by atoms with Crippen molar-refractivity contribution in [3.05, 3.63) is 28.5 Å². The van der Waals surface area contributed by atoms with Gasteiger partial charge in [-0.15, -0.1) is 0 Å². The lowest BCUT2D eigenvalue weighted by Crippen LogP contribution is -2.13. The van der Waals surface area contributed by atoms with E-state index in [0.717, 1.165) is 17.3 Å². The van der Waals surface area contributed by atoms with Crippen LogP contribution < -0.4 is 0 Å². The lowest BCUT2D eigenvalue weighted by Gasteiger charge is -2.07. The van der Waals surface area contributed by atoms with Crippen molar-refractivity contribution in [1.82, 2.24) is 4.98 Å². The Hall–Kier alpha value is -0.700. The molecule has 74 valence electrons. The highest BCUT2D eigenvalue weighted by Gasteiger charge is 2.25. The van der Waals surface area contributed by atoms with Crippen molar-refractivity contribution in [2.75, 3.05) is 0 Å². The van der Waals surface area contributed by atoms with E-state index in [4.69, 9.17) is 0 Å². The van der Waals surface area contributed by atoms with Crippen molar-refractivity contribution in [1.29, 1.82) is 0 Å². The first-order valence-corrected chi connectivity index (χ1v) is 5.73. The maximum atomic E-state index is 12.0. The van der Waals surface area contributed by atoms with Gasteiger partial charge in [0.15, 0.2) is 5.78 Å². The van der Waals surface area contributed by atoms with Gasteiger partial charge in [-0.2, -0.15) is 0 Å². The molecule has 1 aromatic rings. The van der Waals surface area contributed by atoms with Gasteiger partial charge in [-0.3, -0.25) is 9.78 Å². The molecular weight excluding hydrogens is 242 g/mol. The van der Waals surface area contributed by atoms with E-state index in [1.54, 1.807) is 6.20 Å². The highest BCUT2D eigenvalue weighted by molar-refractivity contribution is 9.10. The van der Waals surface area contributed by atoms with Crippen LogP contribution in [0, 0.1) is 5.92 Å². The third-order valence-corrected chi connectivity index (χ3v) is 3.36. The number of hydrogen-bond acceptors (Lipinski definition) is 2. The number of carbonyl (C=O) groups is 1. The van der Waals surface area contributed by atoms with Crippen molar-refractivity contribution < 1.29 is 4.79 Å². The summed E-state index contributed by atoms with van der Waals surface area (Å²) in [5, 5.41) is 0. The molecule has 1 saturated carbocycles. The number of pyridine rings is 1. The molecule has 0 amide bonds. The number of hydrogen-bond donors (Lipinski definition) is 0. The quantitative estimate of drug-likeness (QED) is 0.758.